The molecule has 0 amide bonds. The fraction of sp³-hybridized carbons (Fsp3) is 0.333. The van der Waals surface area contributed by atoms with Crippen molar-refractivity contribution in [1.82, 2.24) is 9.80 Å². The van der Waals surface area contributed by atoms with Gasteiger partial charge in [0.2, 0.25) is 0 Å². The lowest BCUT2D eigenvalue weighted by Gasteiger charge is -2.23. The molecule has 0 N–H and O–H groups in total. The Labute approximate surface area is 119 Å². The molecule has 2 heterocycles. The molecule has 0 bridgehead atoms. The third-order valence-electron chi connectivity index (χ3n) is 3.53. The van der Waals surface area contributed by atoms with Crippen LogP contribution in [0.2, 0.25) is 0 Å². The van der Waals surface area contributed by atoms with Crippen LogP contribution >= 0.6 is 0 Å². The molecule has 1 aromatic rings. The molecule has 106 valence electrons. The van der Waals surface area contributed by atoms with E-state index in [-0.39, 0.29) is 0 Å². The Morgan fingerprint density at radius 2 is 1.35 bits per heavy atom. The van der Waals surface area contributed by atoms with Crippen molar-refractivity contribution in [2.24, 2.45) is 0 Å². The van der Waals surface area contributed by atoms with Crippen LogP contribution in [0.5, 0.6) is 0 Å². The number of hydrogen-bond acceptors (Lipinski definition) is 4. The topological polar surface area (TPSA) is 13.0 Å². The number of nitrogens with zero attached hydrogens (tertiary/aromatic N) is 4. The molecular weight excluding hydrogens is 255 g/mol. The lowest BCUT2D eigenvalue weighted by molar-refractivity contribution is 0.483. The normalized spacial score (nSPS) is 17.8. The van der Waals surface area contributed by atoms with Crippen LogP contribution in [0.4, 0.5) is 15.8 Å². The van der Waals surface area contributed by atoms with Gasteiger partial charge in [-0.15, -0.1) is 0 Å². The van der Waals surface area contributed by atoms with E-state index in [1.165, 1.54) is 0 Å². The monoisotopic (exact) mass is 274 g/mol. The van der Waals surface area contributed by atoms with Gasteiger partial charge in [0.25, 0.3) is 0 Å². The van der Waals surface area contributed by atoms with Crippen molar-refractivity contribution in [3.63, 3.8) is 0 Å². The third-order valence-corrected chi connectivity index (χ3v) is 3.53. The number of alkyl halides is 1. The molecule has 3 rings (SSSR count). The summed E-state index contributed by atoms with van der Waals surface area (Å²) in [6.07, 6.45) is 8.08. The molecule has 0 saturated heterocycles. The van der Waals surface area contributed by atoms with Crippen LogP contribution in [0, 0.1) is 0 Å². The van der Waals surface area contributed by atoms with Crippen molar-refractivity contribution >= 4 is 11.4 Å². The summed E-state index contributed by atoms with van der Waals surface area (Å²) in [6.45, 7) is 1.15. The Kier molecular flexibility index (Phi) is 3.26. The Morgan fingerprint density at radius 3 is 1.70 bits per heavy atom. The zero-order valence-electron chi connectivity index (χ0n) is 11.8. The molecular formula is C15H19FN4. The van der Waals surface area contributed by atoms with Gasteiger partial charge in [0.15, 0.2) is 0 Å². The van der Waals surface area contributed by atoms with Gasteiger partial charge < -0.3 is 19.6 Å². The molecule has 0 aliphatic carbocycles. The van der Waals surface area contributed by atoms with Crippen LogP contribution in [0.3, 0.4) is 0 Å². The van der Waals surface area contributed by atoms with Gasteiger partial charge in [0, 0.05) is 50.3 Å². The number of anilines is 2. The molecule has 0 atom stereocenters. The van der Waals surface area contributed by atoms with Crippen LogP contribution in [-0.4, -0.2) is 37.2 Å². The first kappa shape index (κ1) is 12.8. The molecule has 2 aliphatic rings. The molecule has 1 aromatic carbocycles. The van der Waals surface area contributed by atoms with Crippen molar-refractivity contribution in [3.05, 3.63) is 48.6 Å². The SMILES string of the molecule is CN1C=CN(c2cc(CF)cc(N3C=CN(C)C3)c2)C1. The van der Waals surface area contributed by atoms with Gasteiger partial charge in [0.05, 0.1) is 13.3 Å². The minimum Gasteiger partial charge on any atom is -0.361 e. The molecule has 20 heavy (non-hydrogen) atoms. The second-order valence-electron chi connectivity index (χ2n) is 5.32. The Hall–Kier alpha value is -2.17. The van der Waals surface area contributed by atoms with Crippen molar-refractivity contribution in [3.8, 4) is 0 Å². The highest BCUT2D eigenvalue weighted by molar-refractivity contribution is 5.64. The average Bonchev–Trinajstić information content (AvgIpc) is 3.07. The van der Waals surface area contributed by atoms with E-state index in [0.717, 1.165) is 24.7 Å². The molecule has 0 saturated carbocycles. The van der Waals surface area contributed by atoms with Crippen molar-refractivity contribution in [2.45, 2.75) is 6.67 Å². The molecule has 5 heteroatoms. The summed E-state index contributed by atoms with van der Waals surface area (Å²) in [5, 5.41) is 0. The highest BCUT2D eigenvalue weighted by atomic mass is 19.1. The largest absolute Gasteiger partial charge is 0.361 e. The standard InChI is InChI=1S/C15H19FN4/c1-17-3-5-19(11-17)14-7-13(10-16)8-15(9-14)20-6-4-18(2)12-20/h3-9H,10-12H2,1-2H3. The van der Waals surface area contributed by atoms with Gasteiger partial charge >= 0.3 is 0 Å². The quantitative estimate of drug-likeness (QED) is 0.839. The lowest BCUT2D eigenvalue weighted by Crippen LogP contribution is -2.24. The Bertz CT molecular complexity index is 511. The van der Waals surface area contributed by atoms with E-state index in [4.69, 9.17) is 0 Å². The van der Waals surface area contributed by atoms with Crippen LogP contribution in [0.15, 0.2) is 43.0 Å². The zero-order valence-corrected chi connectivity index (χ0v) is 11.8. The van der Waals surface area contributed by atoms with E-state index in [2.05, 4.69) is 25.7 Å². The highest BCUT2D eigenvalue weighted by Crippen LogP contribution is 2.29. The lowest BCUT2D eigenvalue weighted by atomic mass is 10.1. The zero-order chi connectivity index (χ0) is 14.1. The molecule has 2 aliphatic heterocycles. The summed E-state index contributed by atoms with van der Waals surface area (Å²) in [5.74, 6) is 0. The first-order valence-electron chi connectivity index (χ1n) is 6.66. The van der Waals surface area contributed by atoms with Crippen molar-refractivity contribution < 1.29 is 4.39 Å². The van der Waals surface area contributed by atoms with Gasteiger partial charge in [-0.25, -0.2) is 4.39 Å². The van der Waals surface area contributed by atoms with Gasteiger partial charge in [-0.1, -0.05) is 0 Å². The van der Waals surface area contributed by atoms with Gasteiger partial charge in [-0.05, 0) is 23.8 Å². The fourth-order valence-electron chi connectivity index (χ4n) is 2.46. The first-order chi connectivity index (χ1) is 9.65. The number of benzene rings is 1. The third kappa shape index (κ3) is 2.43. The maximum Gasteiger partial charge on any atom is 0.115 e. The predicted octanol–water partition coefficient (Wildman–Crippen LogP) is 2.52. The summed E-state index contributed by atoms with van der Waals surface area (Å²) in [5.41, 5.74) is 2.76. The molecule has 0 fully saturated rings. The smallest absolute Gasteiger partial charge is 0.115 e. The van der Waals surface area contributed by atoms with Gasteiger partial charge in [0.1, 0.15) is 6.67 Å². The number of halogens is 1. The van der Waals surface area contributed by atoms with Gasteiger partial charge in [-0.2, -0.15) is 0 Å². The van der Waals surface area contributed by atoms with Gasteiger partial charge in [-0.3, -0.25) is 0 Å². The minimum absolute atomic E-state index is 0.443. The highest BCUT2D eigenvalue weighted by Gasteiger charge is 2.16. The maximum absolute atomic E-state index is 13.1. The van der Waals surface area contributed by atoms with E-state index < -0.39 is 6.67 Å². The molecule has 0 radical (unpaired) electrons. The summed E-state index contributed by atoms with van der Waals surface area (Å²) in [4.78, 5) is 8.41. The molecule has 0 aromatic heterocycles. The average molecular weight is 274 g/mol. The van der Waals surface area contributed by atoms with Crippen LogP contribution < -0.4 is 9.80 Å². The van der Waals surface area contributed by atoms with Crippen molar-refractivity contribution in [1.29, 1.82) is 0 Å². The second-order valence-corrected chi connectivity index (χ2v) is 5.32. The molecule has 4 nitrogen and oxygen atoms in total. The van der Waals surface area contributed by atoms with Crippen LogP contribution in [0.25, 0.3) is 0 Å². The number of rotatable bonds is 3. The summed E-state index contributed by atoms with van der Waals surface area (Å²) in [7, 11) is 4.04. The molecule has 0 spiro atoms. The second kappa shape index (κ2) is 5.07. The van der Waals surface area contributed by atoms with E-state index in [9.17, 15) is 4.39 Å². The van der Waals surface area contributed by atoms with E-state index >= 15 is 0 Å². The molecule has 0 unspecified atom stereocenters. The van der Waals surface area contributed by atoms with E-state index in [1.54, 1.807) is 0 Å². The Morgan fingerprint density at radius 1 is 0.850 bits per heavy atom. The number of hydrogen-bond donors (Lipinski definition) is 0. The van der Waals surface area contributed by atoms with Crippen LogP contribution in [0.1, 0.15) is 5.56 Å². The summed E-state index contributed by atoms with van der Waals surface area (Å²) >= 11 is 0. The summed E-state index contributed by atoms with van der Waals surface area (Å²) < 4.78 is 13.1. The van der Waals surface area contributed by atoms with Crippen molar-refractivity contribution in [2.75, 3.05) is 37.2 Å². The van der Waals surface area contributed by atoms with Crippen LogP contribution in [-0.2, 0) is 6.67 Å². The Balaban J connectivity index is 1.91. The van der Waals surface area contributed by atoms with E-state index in [0.29, 0.717) is 5.56 Å². The fourth-order valence-corrected chi connectivity index (χ4v) is 2.46. The van der Waals surface area contributed by atoms with E-state index in [1.807, 2.05) is 51.0 Å². The first-order valence-corrected chi connectivity index (χ1v) is 6.66. The summed E-state index contributed by atoms with van der Waals surface area (Å²) in [6, 6.07) is 5.93. The maximum atomic E-state index is 13.1. The predicted molar refractivity (Wildman–Crippen MR) is 79.8 cm³/mol. The minimum atomic E-state index is -0.443.